The highest BCUT2D eigenvalue weighted by Gasteiger charge is 2.37. The van der Waals surface area contributed by atoms with Crippen LogP contribution in [-0.4, -0.2) is 19.1 Å². The molecule has 0 aliphatic heterocycles. The smallest absolute Gasteiger partial charge is 0.417 e. The number of halogens is 3. The molecule has 1 saturated carbocycles. The Morgan fingerprint density at radius 1 is 1.39 bits per heavy atom. The maximum atomic E-state index is 12.8. The highest BCUT2D eigenvalue weighted by Crippen LogP contribution is 2.37. The summed E-state index contributed by atoms with van der Waals surface area (Å²) >= 11 is 0. The van der Waals surface area contributed by atoms with Crippen LogP contribution in [-0.2, 0) is 6.18 Å². The summed E-state index contributed by atoms with van der Waals surface area (Å²) in [6.07, 6.45) is -3.03. The molecule has 1 aliphatic rings. The number of nitrogens with one attached hydrogen (secondary N) is 1. The van der Waals surface area contributed by atoms with E-state index >= 15 is 0 Å². The summed E-state index contributed by atoms with van der Waals surface area (Å²) in [5.74, 6) is -0.801. The molecular formula is C12H12F3NO2. The zero-order valence-corrected chi connectivity index (χ0v) is 9.67. The first-order valence-corrected chi connectivity index (χ1v) is 5.52. The largest absolute Gasteiger partial charge is 0.490 e. The molecule has 1 fully saturated rings. The first kappa shape index (κ1) is 12.7. The second-order valence-corrected chi connectivity index (χ2v) is 4.07. The molecule has 0 saturated heterocycles. The Morgan fingerprint density at radius 3 is 2.56 bits per heavy atom. The number of benzene rings is 1. The summed E-state index contributed by atoms with van der Waals surface area (Å²) in [5, 5.41) is 2.21. The molecule has 0 heterocycles. The van der Waals surface area contributed by atoms with E-state index < -0.39 is 23.2 Å². The van der Waals surface area contributed by atoms with Crippen molar-refractivity contribution in [2.75, 3.05) is 7.05 Å². The number of hydrogen-bond donors (Lipinski definition) is 1. The van der Waals surface area contributed by atoms with Crippen molar-refractivity contribution in [2.45, 2.75) is 25.1 Å². The van der Waals surface area contributed by atoms with E-state index in [0.717, 1.165) is 18.9 Å². The Balaban J connectivity index is 2.48. The van der Waals surface area contributed by atoms with Crippen molar-refractivity contribution < 1.29 is 22.7 Å². The average molecular weight is 259 g/mol. The van der Waals surface area contributed by atoms with Gasteiger partial charge in [-0.1, -0.05) is 6.07 Å². The molecule has 3 nitrogen and oxygen atoms in total. The molecule has 0 spiro atoms. The van der Waals surface area contributed by atoms with E-state index in [1.165, 1.54) is 19.2 Å². The number of carbonyl (C=O) groups is 1. The maximum Gasteiger partial charge on any atom is 0.417 e. The van der Waals surface area contributed by atoms with E-state index in [-0.39, 0.29) is 11.9 Å². The lowest BCUT2D eigenvalue weighted by Crippen LogP contribution is -2.24. The van der Waals surface area contributed by atoms with Crippen LogP contribution in [0.15, 0.2) is 18.2 Å². The Bertz CT molecular complexity index is 467. The van der Waals surface area contributed by atoms with Gasteiger partial charge in [0.15, 0.2) is 0 Å². The minimum atomic E-state index is -4.58. The molecule has 0 unspecified atom stereocenters. The van der Waals surface area contributed by atoms with Crippen LogP contribution in [0.4, 0.5) is 13.2 Å². The summed E-state index contributed by atoms with van der Waals surface area (Å²) in [4.78, 5) is 11.6. The van der Waals surface area contributed by atoms with Crippen LogP contribution < -0.4 is 10.1 Å². The van der Waals surface area contributed by atoms with Gasteiger partial charge in [0.2, 0.25) is 0 Å². The van der Waals surface area contributed by atoms with Crippen molar-refractivity contribution in [1.82, 2.24) is 5.32 Å². The Morgan fingerprint density at radius 2 is 2.06 bits per heavy atom. The third-order valence-electron chi connectivity index (χ3n) is 2.60. The van der Waals surface area contributed by atoms with Crippen molar-refractivity contribution >= 4 is 5.91 Å². The SMILES string of the molecule is CNC(=O)c1c(OC2CC2)cccc1C(F)(F)F. The van der Waals surface area contributed by atoms with E-state index in [9.17, 15) is 18.0 Å². The lowest BCUT2D eigenvalue weighted by molar-refractivity contribution is -0.138. The zero-order valence-electron chi connectivity index (χ0n) is 9.67. The van der Waals surface area contributed by atoms with Crippen molar-refractivity contribution in [2.24, 2.45) is 0 Å². The van der Waals surface area contributed by atoms with Crippen LogP contribution >= 0.6 is 0 Å². The first-order valence-electron chi connectivity index (χ1n) is 5.52. The molecule has 1 aliphatic carbocycles. The molecule has 1 aromatic carbocycles. The molecule has 1 N–H and O–H groups in total. The summed E-state index contributed by atoms with van der Waals surface area (Å²) in [7, 11) is 1.29. The molecule has 18 heavy (non-hydrogen) atoms. The fourth-order valence-corrected chi connectivity index (χ4v) is 1.59. The Labute approximate surface area is 102 Å². The van der Waals surface area contributed by atoms with Crippen LogP contribution in [0.25, 0.3) is 0 Å². The van der Waals surface area contributed by atoms with Gasteiger partial charge in [-0.05, 0) is 25.0 Å². The van der Waals surface area contributed by atoms with Crippen molar-refractivity contribution in [1.29, 1.82) is 0 Å². The maximum absolute atomic E-state index is 12.8. The number of hydrogen-bond acceptors (Lipinski definition) is 2. The number of alkyl halides is 3. The standard InChI is InChI=1S/C12H12F3NO2/c1-16-11(17)10-8(12(13,14)15)3-2-4-9(10)18-7-5-6-7/h2-4,7H,5-6H2,1H3,(H,16,17). The fraction of sp³-hybridized carbons (Fsp3) is 0.417. The fourth-order valence-electron chi connectivity index (χ4n) is 1.59. The van der Waals surface area contributed by atoms with Gasteiger partial charge in [-0.3, -0.25) is 4.79 Å². The molecule has 98 valence electrons. The van der Waals surface area contributed by atoms with Crippen LogP contribution in [0.1, 0.15) is 28.8 Å². The van der Waals surface area contributed by atoms with Crippen LogP contribution in [0, 0.1) is 0 Å². The number of carbonyl (C=O) groups excluding carboxylic acids is 1. The molecule has 6 heteroatoms. The highest BCUT2D eigenvalue weighted by atomic mass is 19.4. The predicted molar refractivity (Wildman–Crippen MR) is 58.5 cm³/mol. The third kappa shape index (κ3) is 2.57. The van der Waals surface area contributed by atoms with E-state index in [1.807, 2.05) is 0 Å². The second-order valence-electron chi connectivity index (χ2n) is 4.07. The zero-order chi connectivity index (χ0) is 13.3. The normalized spacial score (nSPS) is 15.3. The molecule has 0 bridgehead atoms. The predicted octanol–water partition coefficient (Wildman–Crippen LogP) is 2.61. The lowest BCUT2D eigenvalue weighted by Gasteiger charge is -2.16. The average Bonchev–Trinajstić information content (AvgIpc) is 3.10. The lowest BCUT2D eigenvalue weighted by atomic mass is 10.1. The van der Waals surface area contributed by atoms with Gasteiger partial charge >= 0.3 is 6.18 Å². The van der Waals surface area contributed by atoms with E-state index in [1.54, 1.807) is 0 Å². The number of amides is 1. The van der Waals surface area contributed by atoms with Crippen LogP contribution in [0.3, 0.4) is 0 Å². The van der Waals surface area contributed by atoms with Gasteiger partial charge in [-0.25, -0.2) is 0 Å². The molecule has 1 aromatic rings. The molecule has 1 amide bonds. The third-order valence-corrected chi connectivity index (χ3v) is 2.60. The summed E-state index contributed by atoms with van der Waals surface area (Å²) in [6.45, 7) is 0. The van der Waals surface area contributed by atoms with Crippen molar-refractivity contribution in [3.05, 3.63) is 29.3 Å². The van der Waals surface area contributed by atoms with Gasteiger partial charge in [-0.2, -0.15) is 13.2 Å². The Kier molecular flexibility index (Phi) is 3.19. The Hall–Kier alpha value is -1.72. The number of ether oxygens (including phenoxy) is 1. The minimum absolute atomic E-state index is 0.00771. The van der Waals surface area contributed by atoms with Crippen molar-refractivity contribution in [3.63, 3.8) is 0 Å². The summed E-state index contributed by atoms with van der Waals surface area (Å²) in [6, 6.07) is 3.51. The second kappa shape index (κ2) is 4.51. The first-order chi connectivity index (χ1) is 8.43. The van der Waals surface area contributed by atoms with Gasteiger partial charge in [0.1, 0.15) is 5.75 Å². The topological polar surface area (TPSA) is 38.3 Å². The highest BCUT2D eigenvalue weighted by molar-refractivity contribution is 5.98. The van der Waals surface area contributed by atoms with Gasteiger partial charge in [0, 0.05) is 7.05 Å². The van der Waals surface area contributed by atoms with Gasteiger partial charge in [0.25, 0.3) is 5.91 Å². The van der Waals surface area contributed by atoms with Gasteiger partial charge in [0.05, 0.1) is 17.2 Å². The molecule has 0 aromatic heterocycles. The van der Waals surface area contributed by atoms with Crippen molar-refractivity contribution in [3.8, 4) is 5.75 Å². The quantitative estimate of drug-likeness (QED) is 0.906. The molecular weight excluding hydrogens is 247 g/mol. The number of rotatable bonds is 3. The van der Waals surface area contributed by atoms with Crippen LogP contribution in [0.2, 0.25) is 0 Å². The molecule has 0 atom stereocenters. The van der Waals surface area contributed by atoms with E-state index in [0.29, 0.717) is 0 Å². The molecule has 0 radical (unpaired) electrons. The minimum Gasteiger partial charge on any atom is -0.490 e. The van der Waals surface area contributed by atoms with E-state index in [2.05, 4.69) is 5.32 Å². The molecule has 2 rings (SSSR count). The van der Waals surface area contributed by atoms with Crippen LogP contribution in [0.5, 0.6) is 5.75 Å². The van der Waals surface area contributed by atoms with E-state index in [4.69, 9.17) is 4.74 Å². The monoisotopic (exact) mass is 259 g/mol. The summed E-state index contributed by atoms with van der Waals surface area (Å²) in [5.41, 5.74) is -1.42. The van der Waals surface area contributed by atoms with Gasteiger partial charge < -0.3 is 10.1 Å². The van der Waals surface area contributed by atoms with Gasteiger partial charge in [-0.15, -0.1) is 0 Å². The summed E-state index contributed by atoms with van der Waals surface area (Å²) < 4.78 is 43.9.